The predicted molar refractivity (Wildman–Crippen MR) is 75.5 cm³/mol. The average Bonchev–Trinajstić information content (AvgIpc) is 2.37. The zero-order valence-corrected chi connectivity index (χ0v) is 12.2. The maximum Gasteiger partial charge on any atom is 0.237 e. The van der Waals surface area contributed by atoms with E-state index in [4.69, 9.17) is 14.2 Å². The van der Waals surface area contributed by atoms with E-state index in [1.54, 1.807) is 6.20 Å². The number of pyridine rings is 1. The van der Waals surface area contributed by atoms with Gasteiger partial charge in [-0.1, -0.05) is 0 Å². The van der Waals surface area contributed by atoms with Crippen molar-refractivity contribution in [2.75, 3.05) is 25.1 Å². The van der Waals surface area contributed by atoms with Crippen molar-refractivity contribution in [3.05, 3.63) is 18.3 Å². The maximum absolute atomic E-state index is 5.64. The molecule has 0 spiro atoms. The van der Waals surface area contributed by atoms with Crippen LogP contribution in [-0.4, -0.2) is 37.1 Å². The molecule has 1 aromatic rings. The molecule has 108 valence electrons. The molecule has 0 saturated heterocycles. The van der Waals surface area contributed by atoms with Crippen LogP contribution in [0.1, 0.15) is 27.7 Å². The molecule has 19 heavy (non-hydrogen) atoms. The van der Waals surface area contributed by atoms with Crippen LogP contribution >= 0.6 is 0 Å². The third kappa shape index (κ3) is 5.89. The van der Waals surface area contributed by atoms with Crippen molar-refractivity contribution in [2.24, 2.45) is 0 Å². The summed E-state index contributed by atoms with van der Waals surface area (Å²) in [6, 6.07) is 3.80. The quantitative estimate of drug-likeness (QED) is 0.698. The molecule has 0 atom stereocenters. The minimum atomic E-state index is -0.262. The summed E-state index contributed by atoms with van der Waals surface area (Å²) in [5, 5.41) is 3.25. The van der Waals surface area contributed by atoms with Gasteiger partial charge in [-0.05, 0) is 39.8 Å². The molecular weight excluding hydrogens is 244 g/mol. The molecule has 0 saturated carbocycles. The Morgan fingerprint density at radius 3 is 2.47 bits per heavy atom. The third-order valence-corrected chi connectivity index (χ3v) is 2.28. The van der Waals surface area contributed by atoms with Crippen LogP contribution in [-0.2, 0) is 9.47 Å². The van der Waals surface area contributed by atoms with Crippen LogP contribution in [0.25, 0.3) is 0 Å². The van der Waals surface area contributed by atoms with E-state index in [1.165, 1.54) is 0 Å². The summed E-state index contributed by atoms with van der Waals surface area (Å²) in [5.74, 6) is 0.601. The zero-order chi connectivity index (χ0) is 14.1. The number of hydrogen-bond acceptors (Lipinski definition) is 5. The molecule has 0 bridgehead atoms. The van der Waals surface area contributed by atoms with E-state index in [-0.39, 0.29) is 12.4 Å². The van der Waals surface area contributed by atoms with E-state index in [0.717, 1.165) is 5.69 Å². The van der Waals surface area contributed by atoms with Gasteiger partial charge in [0.05, 0.1) is 18.3 Å². The van der Waals surface area contributed by atoms with E-state index in [2.05, 4.69) is 10.3 Å². The van der Waals surface area contributed by atoms with Gasteiger partial charge in [-0.3, -0.25) is 0 Å². The highest BCUT2D eigenvalue weighted by Gasteiger charge is 2.11. The fourth-order valence-electron chi connectivity index (χ4n) is 1.57. The summed E-state index contributed by atoms with van der Waals surface area (Å²) in [6.07, 6.45) is 1.54. The van der Waals surface area contributed by atoms with Gasteiger partial charge in [-0.25, -0.2) is 4.98 Å². The van der Waals surface area contributed by atoms with E-state index in [1.807, 2.05) is 39.8 Å². The number of aromatic nitrogens is 1. The molecule has 0 amide bonds. The number of nitrogens with zero attached hydrogens (tertiary/aromatic N) is 1. The molecule has 0 aliphatic carbocycles. The number of hydrogen-bond donors (Lipinski definition) is 1. The predicted octanol–water partition coefficient (Wildman–Crippen LogP) is 2.68. The fourth-order valence-corrected chi connectivity index (χ4v) is 1.57. The zero-order valence-electron chi connectivity index (χ0n) is 12.2. The Bertz CT molecular complexity index is 352. The first-order valence-electron chi connectivity index (χ1n) is 6.76. The van der Waals surface area contributed by atoms with Gasteiger partial charge >= 0.3 is 0 Å². The maximum atomic E-state index is 5.64. The average molecular weight is 268 g/mol. The van der Waals surface area contributed by atoms with Gasteiger partial charge in [-0.15, -0.1) is 0 Å². The van der Waals surface area contributed by atoms with Gasteiger partial charge in [0.25, 0.3) is 0 Å². The molecule has 0 unspecified atom stereocenters. The van der Waals surface area contributed by atoms with Gasteiger partial charge in [0, 0.05) is 19.4 Å². The fraction of sp³-hybridized carbons (Fsp3) is 0.643. The standard InChI is InChI=1S/C14H24N2O3/c1-5-17-13(18-6-2)10-16-12-8-7-9-15-14(12)19-11(3)4/h7-9,11,13,16H,5-6,10H2,1-4H3. The van der Waals surface area contributed by atoms with Gasteiger partial charge in [0.15, 0.2) is 6.29 Å². The SMILES string of the molecule is CCOC(CNc1cccnc1OC(C)C)OCC. The second-order valence-corrected chi connectivity index (χ2v) is 4.24. The first-order chi connectivity index (χ1) is 9.17. The van der Waals surface area contributed by atoms with Crippen molar-refractivity contribution in [3.63, 3.8) is 0 Å². The molecule has 5 nitrogen and oxygen atoms in total. The van der Waals surface area contributed by atoms with E-state index >= 15 is 0 Å². The van der Waals surface area contributed by atoms with Crippen LogP contribution in [0.15, 0.2) is 18.3 Å². The second kappa shape index (κ2) is 8.72. The highest BCUT2D eigenvalue weighted by molar-refractivity contribution is 5.52. The van der Waals surface area contributed by atoms with Gasteiger partial charge in [0.2, 0.25) is 5.88 Å². The highest BCUT2D eigenvalue weighted by Crippen LogP contribution is 2.21. The Hall–Kier alpha value is -1.33. The van der Waals surface area contributed by atoms with Crippen molar-refractivity contribution in [3.8, 4) is 5.88 Å². The number of ether oxygens (including phenoxy) is 3. The molecule has 1 rings (SSSR count). The minimum Gasteiger partial charge on any atom is -0.473 e. The smallest absolute Gasteiger partial charge is 0.237 e. The van der Waals surface area contributed by atoms with Gasteiger partial charge in [0.1, 0.15) is 0 Å². The van der Waals surface area contributed by atoms with Crippen LogP contribution in [0.5, 0.6) is 5.88 Å². The number of rotatable bonds is 9. The molecule has 1 heterocycles. The minimum absolute atomic E-state index is 0.0880. The molecule has 5 heteroatoms. The largest absolute Gasteiger partial charge is 0.473 e. The van der Waals surface area contributed by atoms with Gasteiger partial charge < -0.3 is 19.5 Å². The molecule has 0 radical (unpaired) electrons. The van der Waals surface area contributed by atoms with Crippen molar-refractivity contribution < 1.29 is 14.2 Å². The Morgan fingerprint density at radius 1 is 1.21 bits per heavy atom. The lowest BCUT2D eigenvalue weighted by Crippen LogP contribution is -2.26. The molecule has 0 aliphatic rings. The van der Waals surface area contributed by atoms with E-state index in [9.17, 15) is 0 Å². The van der Waals surface area contributed by atoms with Gasteiger partial charge in [-0.2, -0.15) is 0 Å². The topological polar surface area (TPSA) is 52.6 Å². The van der Waals surface area contributed by atoms with E-state index < -0.39 is 0 Å². The second-order valence-electron chi connectivity index (χ2n) is 4.24. The van der Waals surface area contributed by atoms with Crippen molar-refractivity contribution >= 4 is 5.69 Å². The monoisotopic (exact) mass is 268 g/mol. The van der Waals surface area contributed by atoms with Crippen LogP contribution in [0.3, 0.4) is 0 Å². The Labute approximate surface area is 115 Å². The summed E-state index contributed by atoms with van der Waals surface area (Å²) in [6.45, 7) is 9.64. The van der Waals surface area contributed by atoms with Crippen molar-refractivity contribution in [2.45, 2.75) is 40.1 Å². The Morgan fingerprint density at radius 2 is 1.89 bits per heavy atom. The lowest BCUT2D eigenvalue weighted by molar-refractivity contribution is -0.126. The molecule has 0 fully saturated rings. The van der Waals surface area contributed by atoms with Crippen molar-refractivity contribution in [1.82, 2.24) is 4.98 Å². The summed E-state index contributed by atoms with van der Waals surface area (Å²) in [4.78, 5) is 4.22. The number of nitrogens with one attached hydrogen (secondary N) is 1. The first kappa shape index (κ1) is 15.7. The Kier molecular flexibility index (Phi) is 7.22. The van der Waals surface area contributed by atoms with Crippen LogP contribution in [0.4, 0.5) is 5.69 Å². The number of anilines is 1. The summed E-state index contributed by atoms with van der Waals surface area (Å²) >= 11 is 0. The summed E-state index contributed by atoms with van der Waals surface area (Å²) in [5.41, 5.74) is 0.848. The molecular formula is C14H24N2O3. The highest BCUT2D eigenvalue weighted by atomic mass is 16.7. The third-order valence-electron chi connectivity index (χ3n) is 2.28. The summed E-state index contributed by atoms with van der Waals surface area (Å²) < 4.78 is 16.6. The normalized spacial score (nSPS) is 11.1. The molecule has 1 aromatic heterocycles. The van der Waals surface area contributed by atoms with Crippen LogP contribution in [0, 0.1) is 0 Å². The lowest BCUT2D eigenvalue weighted by atomic mass is 10.4. The van der Waals surface area contributed by atoms with E-state index in [0.29, 0.717) is 25.6 Å². The first-order valence-corrected chi connectivity index (χ1v) is 6.76. The molecule has 0 aromatic carbocycles. The van der Waals surface area contributed by atoms with Crippen LogP contribution in [0.2, 0.25) is 0 Å². The lowest BCUT2D eigenvalue weighted by Gasteiger charge is -2.19. The Balaban J connectivity index is 2.59. The van der Waals surface area contributed by atoms with Crippen LogP contribution < -0.4 is 10.1 Å². The molecule has 0 aliphatic heterocycles. The van der Waals surface area contributed by atoms with Crippen molar-refractivity contribution in [1.29, 1.82) is 0 Å². The summed E-state index contributed by atoms with van der Waals surface area (Å²) in [7, 11) is 0. The molecule has 1 N–H and O–H groups in total.